The third-order valence-corrected chi connectivity index (χ3v) is 11.9. The van der Waals surface area contributed by atoms with E-state index in [1.54, 1.807) is 24.3 Å². The van der Waals surface area contributed by atoms with Crippen LogP contribution in [0.25, 0.3) is 0 Å². The number of epoxide rings is 1. The summed E-state index contributed by atoms with van der Waals surface area (Å²) < 4.78 is 64.3. The van der Waals surface area contributed by atoms with E-state index in [1.165, 1.54) is 38.5 Å². The summed E-state index contributed by atoms with van der Waals surface area (Å²) in [6.07, 6.45) is 15.7. The van der Waals surface area contributed by atoms with E-state index in [9.17, 15) is 22.7 Å². The van der Waals surface area contributed by atoms with Crippen molar-refractivity contribution in [3.05, 3.63) is 69.8 Å². The molecule has 0 spiro atoms. The molecule has 2 nitrogen and oxygen atoms in total. The van der Waals surface area contributed by atoms with E-state index in [2.05, 4.69) is 0 Å². The van der Waals surface area contributed by atoms with Crippen molar-refractivity contribution in [3.63, 3.8) is 0 Å². The first kappa shape index (κ1) is 32.0. The zero-order chi connectivity index (χ0) is 30.8. The van der Waals surface area contributed by atoms with Crippen molar-refractivity contribution in [3.8, 4) is 0 Å². The summed E-state index contributed by atoms with van der Waals surface area (Å²) in [6, 6.07) is 6.83. The van der Waals surface area contributed by atoms with Crippen molar-refractivity contribution in [2.24, 2.45) is 23.7 Å². The molecular formula is C38H50F4O2. The van der Waals surface area contributed by atoms with Crippen LogP contribution in [0.1, 0.15) is 156 Å². The van der Waals surface area contributed by atoms with Gasteiger partial charge < -0.3 is 9.84 Å². The van der Waals surface area contributed by atoms with Gasteiger partial charge in [0.15, 0.2) is 23.3 Å². The van der Waals surface area contributed by atoms with Gasteiger partial charge >= 0.3 is 0 Å². The molecule has 4 fully saturated rings. The van der Waals surface area contributed by atoms with Gasteiger partial charge in [-0.1, -0.05) is 63.3 Å². The van der Waals surface area contributed by atoms with E-state index in [1.807, 2.05) is 6.92 Å². The fourth-order valence-corrected chi connectivity index (χ4v) is 9.04. The lowest BCUT2D eigenvalue weighted by molar-refractivity contribution is 0.150. The first-order chi connectivity index (χ1) is 21.3. The Morgan fingerprint density at radius 3 is 1.61 bits per heavy atom. The van der Waals surface area contributed by atoms with Crippen LogP contribution in [0.2, 0.25) is 0 Å². The second-order valence-electron chi connectivity index (χ2n) is 14.6. The van der Waals surface area contributed by atoms with Crippen molar-refractivity contribution in [1.82, 2.24) is 0 Å². The zero-order valence-corrected chi connectivity index (χ0v) is 26.3. The third kappa shape index (κ3) is 7.07. The van der Waals surface area contributed by atoms with Gasteiger partial charge in [-0.05, 0) is 117 Å². The van der Waals surface area contributed by atoms with E-state index in [0.717, 1.165) is 69.6 Å². The van der Waals surface area contributed by atoms with Gasteiger partial charge in [0.25, 0.3) is 0 Å². The highest BCUT2D eigenvalue weighted by Crippen LogP contribution is 2.47. The summed E-state index contributed by atoms with van der Waals surface area (Å²) >= 11 is 0. The molecule has 0 radical (unpaired) electrons. The molecular weight excluding hydrogens is 564 g/mol. The molecule has 6 rings (SSSR count). The first-order valence-corrected chi connectivity index (χ1v) is 17.6. The Hall–Kier alpha value is -1.92. The van der Waals surface area contributed by atoms with Crippen LogP contribution in [0.5, 0.6) is 0 Å². The number of hydrogen-bond donors (Lipinski definition) is 1. The number of benzene rings is 2. The molecule has 1 N–H and O–H groups in total. The van der Waals surface area contributed by atoms with E-state index in [4.69, 9.17) is 4.74 Å². The number of halogens is 4. The minimum atomic E-state index is -0.946. The van der Waals surface area contributed by atoms with Crippen LogP contribution in [0, 0.1) is 46.9 Å². The van der Waals surface area contributed by atoms with Gasteiger partial charge in [0, 0.05) is 11.1 Å². The summed E-state index contributed by atoms with van der Waals surface area (Å²) in [5.74, 6) is 0.135. The van der Waals surface area contributed by atoms with E-state index in [-0.39, 0.29) is 23.5 Å². The molecule has 2 atom stereocenters. The molecule has 0 bridgehead atoms. The summed E-state index contributed by atoms with van der Waals surface area (Å²) in [5.41, 5.74) is 1.49. The third-order valence-electron chi connectivity index (χ3n) is 11.9. The Morgan fingerprint density at radius 1 is 0.636 bits per heavy atom. The quantitative estimate of drug-likeness (QED) is 0.213. The molecule has 3 aliphatic carbocycles. The fourth-order valence-electron chi connectivity index (χ4n) is 9.04. The molecule has 1 saturated heterocycles. The molecule has 0 aromatic heterocycles. The number of aliphatic hydroxyl groups excluding tert-OH is 1. The molecule has 1 heterocycles. The standard InChI is InChI=1S/C38H50F4O2/c1-2-3-33(43)31-20-18-29(35(39)37(31)41)27-12-8-24(9-13-27)5-4-23-6-10-25(11-7-23)26-14-16-28(17-15-26)30-19-21-32(34-22-44-34)38(42)36(30)40/h18-21,23-28,33-34,43H,2-17,22H2,1H3. The molecule has 0 amide bonds. The SMILES string of the molecule is CCCC(O)c1ccc(C2CCC(CCC3CCC(C4CCC(c5ccc(C6CO6)c(F)c5F)CC4)CC3)CC2)c(F)c1F. The second-order valence-corrected chi connectivity index (χ2v) is 14.6. The predicted octanol–water partition coefficient (Wildman–Crippen LogP) is 11.0. The molecule has 2 aromatic rings. The Labute approximate surface area is 261 Å². The molecule has 6 heteroatoms. The van der Waals surface area contributed by atoms with Crippen LogP contribution in [0.4, 0.5) is 17.6 Å². The lowest BCUT2D eigenvalue weighted by Crippen LogP contribution is -2.26. The molecule has 44 heavy (non-hydrogen) atoms. The van der Waals surface area contributed by atoms with Crippen LogP contribution in [-0.4, -0.2) is 11.7 Å². The topological polar surface area (TPSA) is 32.8 Å². The van der Waals surface area contributed by atoms with Crippen LogP contribution in [0.3, 0.4) is 0 Å². The predicted molar refractivity (Wildman–Crippen MR) is 165 cm³/mol. The monoisotopic (exact) mass is 614 g/mol. The van der Waals surface area contributed by atoms with Gasteiger partial charge in [-0.3, -0.25) is 0 Å². The minimum Gasteiger partial charge on any atom is -0.388 e. The highest BCUT2D eigenvalue weighted by molar-refractivity contribution is 5.32. The zero-order valence-electron chi connectivity index (χ0n) is 26.3. The fraction of sp³-hybridized carbons (Fsp3) is 0.684. The molecule has 1 aliphatic heterocycles. The summed E-state index contributed by atoms with van der Waals surface area (Å²) in [4.78, 5) is 0. The summed E-state index contributed by atoms with van der Waals surface area (Å²) in [7, 11) is 0. The number of ether oxygens (including phenoxy) is 1. The Kier molecular flexibility index (Phi) is 10.4. The van der Waals surface area contributed by atoms with Gasteiger partial charge in [0.05, 0.1) is 12.7 Å². The maximum Gasteiger partial charge on any atom is 0.165 e. The van der Waals surface area contributed by atoms with Crippen LogP contribution >= 0.6 is 0 Å². The second kappa shape index (κ2) is 14.2. The number of aliphatic hydroxyl groups is 1. The average Bonchev–Trinajstić information content (AvgIpc) is 3.89. The van der Waals surface area contributed by atoms with E-state index >= 15 is 0 Å². The Balaban J connectivity index is 0.906. The van der Waals surface area contributed by atoms with Gasteiger partial charge in [0.2, 0.25) is 0 Å². The molecule has 4 aliphatic rings. The highest BCUT2D eigenvalue weighted by Gasteiger charge is 2.35. The van der Waals surface area contributed by atoms with Crippen LogP contribution in [-0.2, 0) is 4.74 Å². The van der Waals surface area contributed by atoms with Crippen molar-refractivity contribution in [2.75, 3.05) is 6.61 Å². The summed E-state index contributed by atoms with van der Waals surface area (Å²) in [5, 5.41) is 10.2. The Morgan fingerprint density at radius 2 is 1.07 bits per heavy atom. The highest BCUT2D eigenvalue weighted by atomic mass is 19.2. The minimum absolute atomic E-state index is 0.0656. The first-order valence-electron chi connectivity index (χ1n) is 17.6. The Bertz CT molecular complexity index is 1250. The largest absolute Gasteiger partial charge is 0.388 e. The van der Waals surface area contributed by atoms with Gasteiger partial charge in [0.1, 0.15) is 6.10 Å². The van der Waals surface area contributed by atoms with Crippen molar-refractivity contribution in [1.29, 1.82) is 0 Å². The maximum atomic E-state index is 14.9. The van der Waals surface area contributed by atoms with Crippen molar-refractivity contribution >= 4 is 0 Å². The van der Waals surface area contributed by atoms with Crippen molar-refractivity contribution < 1.29 is 27.4 Å². The number of rotatable bonds is 10. The van der Waals surface area contributed by atoms with E-state index < -0.39 is 29.4 Å². The smallest absolute Gasteiger partial charge is 0.165 e. The van der Waals surface area contributed by atoms with Gasteiger partial charge in [-0.2, -0.15) is 0 Å². The lowest BCUT2D eigenvalue weighted by Gasteiger charge is -2.38. The lowest BCUT2D eigenvalue weighted by atomic mass is 9.67. The van der Waals surface area contributed by atoms with Gasteiger partial charge in [-0.25, -0.2) is 17.6 Å². The summed E-state index contributed by atoms with van der Waals surface area (Å²) in [6.45, 7) is 2.41. The average molecular weight is 615 g/mol. The maximum absolute atomic E-state index is 14.9. The number of hydrogen-bond acceptors (Lipinski definition) is 2. The molecule has 3 saturated carbocycles. The molecule has 242 valence electrons. The van der Waals surface area contributed by atoms with Crippen LogP contribution in [0.15, 0.2) is 24.3 Å². The molecule has 2 aromatic carbocycles. The van der Waals surface area contributed by atoms with Gasteiger partial charge in [-0.15, -0.1) is 0 Å². The van der Waals surface area contributed by atoms with E-state index in [0.29, 0.717) is 41.6 Å². The normalized spacial score (nSPS) is 31.5. The molecule has 2 unspecified atom stereocenters. The van der Waals surface area contributed by atoms with Crippen LogP contribution < -0.4 is 0 Å². The van der Waals surface area contributed by atoms with Crippen molar-refractivity contribution in [2.45, 2.75) is 134 Å².